The molecular weight excluding hydrogens is 264 g/mol. The Balaban J connectivity index is 0.00000324. The van der Waals surface area contributed by atoms with E-state index in [1.165, 1.54) is 0 Å². The third-order valence-electron chi connectivity index (χ3n) is 3.44. The van der Waals surface area contributed by atoms with Crippen LogP contribution in [0, 0.1) is 19.8 Å². The number of nitrogens with zero attached hydrogens (tertiary/aromatic N) is 2. The van der Waals surface area contributed by atoms with Crippen molar-refractivity contribution >= 4 is 18.3 Å². The molecule has 1 amide bonds. The molecule has 3 N–H and O–H groups in total. The average molecular weight is 289 g/mol. The molecule has 0 saturated heterocycles. The van der Waals surface area contributed by atoms with Gasteiger partial charge in [0.05, 0.1) is 11.7 Å². The maximum Gasteiger partial charge on any atom is 0.224 e. The zero-order chi connectivity index (χ0) is 13.9. The topological polar surface area (TPSA) is 72.9 Å². The monoisotopic (exact) mass is 288 g/mol. The third kappa shape index (κ3) is 3.94. The number of halogens is 1. The quantitative estimate of drug-likeness (QED) is 0.865. The van der Waals surface area contributed by atoms with Gasteiger partial charge >= 0.3 is 0 Å². The summed E-state index contributed by atoms with van der Waals surface area (Å²) in [5.41, 5.74) is 8.71. The van der Waals surface area contributed by atoms with Crippen LogP contribution in [0.2, 0.25) is 0 Å². The minimum atomic E-state index is -0.156. The van der Waals surface area contributed by atoms with Crippen LogP contribution in [-0.2, 0) is 11.8 Å². The number of carbonyl (C=O) groups excluding carboxylic acids is 1. The molecule has 1 heterocycles. The zero-order valence-electron chi connectivity index (χ0n) is 12.4. The van der Waals surface area contributed by atoms with Crippen molar-refractivity contribution in [3.05, 3.63) is 17.0 Å². The summed E-state index contributed by atoms with van der Waals surface area (Å²) in [5.74, 6) is -0.150. The molecule has 0 radical (unpaired) electrons. The molecule has 0 aliphatic carbocycles. The van der Waals surface area contributed by atoms with Crippen molar-refractivity contribution in [1.29, 1.82) is 0 Å². The fourth-order valence-electron chi connectivity index (χ4n) is 2.09. The van der Waals surface area contributed by atoms with E-state index in [0.29, 0.717) is 6.54 Å². The molecule has 1 rings (SSSR count). The highest BCUT2D eigenvalue weighted by molar-refractivity contribution is 5.85. The summed E-state index contributed by atoms with van der Waals surface area (Å²) in [6, 6.07) is 0.0141. The lowest BCUT2D eigenvalue weighted by Gasteiger charge is -2.20. The Morgan fingerprint density at radius 1 is 1.47 bits per heavy atom. The van der Waals surface area contributed by atoms with Crippen molar-refractivity contribution in [2.24, 2.45) is 18.7 Å². The van der Waals surface area contributed by atoms with Crippen molar-refractivity contribution in [2.45, 2.75) is 40.2 Å². The Morgan fingerprint density at radius 3 is 2.42 bits per heavy atom. The molecule has 6 heteroatoms. The predicted octanol–water partition coefficient (Wildman–Crippen LogP) is 1.62. The summed E-state index contributed by atoms with van der Waals surface area (Å²) < 4.78 is 1.85. The second-order valence-corrected chi connectivity index (χ2v) is 4.81. The highest BCUT2D eigenvalue weighted by Crippen LogP contribution is 2.23. The summed E-state index contributed by atoms with van der Waals surface area (Å²) in [6.45, 7) is 8.27. The standard InChI is InChI=1S/C13H24N4O.ClH/c1-6-11(15-13(18)8(2)7-14)12-9(3)16-17(5)10(12)4;/h8,11H,6-7,14H2,1-5H3,(H,15,18);1H. The number of aromatic nitrogens is 2. The molecule has 0 saturated carbocycles. The van der Waals surface area contributed by atoms with E-state index in [9.17, 15) is 4.79 Å². The number of nitrogens with two attached hydrogens (primary N) is 1. The second-order valence-electron chi connectivity index (χ2n) is 4.81. The Morgan fingerprint density at radius 2 is 2.05 bits per heavy atom. The maximum absolute atomic E-state index is 11.9. The second kappa shape index (κ2) is 7.50. The minimum Gasteiger partial charge on any atom is -0.349 e. The molecule has 1 aromatic heterocycles. The Kier molecular flexibility index (Phi) is 7.08. The van der Waals surface area contributed by atoms with E-state index in [1.54, 1.807) is 0 Å². The number of amides is 1. The van der Waals surface area contributed by atoms with Gasteiger partial charge in [-0.1, -0.05) is 13.8 Å². The highest BCUT2D eigenvalue weighted by Gasteiger charge is 2.22. The van der Waals surface area contributed by atoms with Gasteiger partial charge in [0.2, 0.25) is 5.91 Å². The summed E-state index contributed by atoms with van der Waals surface area (Å²) in [6.07, 6.45) is 0.844. The number of hydrogen-bond donors (Lipinski definition) is 2. The SMILES string of the molecule is CCC(NC(=O)C(C)CN)c1c(C)nn(C)c1C.Cl. The summed E-state index contributed by atoms with van der Waals surface area (Å²) in [5, 5.41) is 7.45. The molecule has 0 aliphatic heterocycles. The predicted molar refractivity (Wildman–Crippen MR) is 79.3 cm³/mol. The number of aryl methyl sites for hydroxylation is 2. The Labute approximate surface area is 121 Å². The van der Waals surface area contributed by atoms with Gasteiger partial charge in [0, 0.05) is 30.8 Å². The lowest BCUT2D eigenvalue weighted by molar-refractivity contribution is -0.125. The molecule has 19 heavy (non-hydrogen) atoms. The van der Waals surface area contributed by atoms with Crippen LogP contribution in [0.1, 0.15) is 43.3 Å². The first-order valence-electron chi connectivity index (χ1n) is 6.42. The first-order valence-corrected chi connectivity index (χ1v) is 6.42. The van der Waals surface area contributed by atoms with Crippen molar-refractivity contribution in [3.8, 4) is 0 Å². The number of hydrogen-bond acceptors (Lipinski definition) is 3. The smallest absolute Gasteiger partial charge is 0.224 e. The van der Waals surface area contributed by atoms with Gasteiger partial charge in [0.15, 0.2) is 0 Å². The minimum absolute atomic E-state index is 0. The van der Waals surface area contributed by atoms with Crippen molar-refractivity contribution in [2.75, 3.05) is 6.54 Å². The van der Waals surface area contributed by atoms with E-state index in [2.05, 4.69) is 17.3 Å². The first kappa shape index (κ1) is 17.9. The molecule has 0 bridgehead atoms. The molecule has 5 nitrogen and oxygen atoms in total. The van der Waals surface area contributed by atoms with Crippen molar-refractivity contribution in [1.82, 2.24) is 15.1 Å². The van der Waals surface area contributed by atoms with Gasteiger partial charge in [0.1, 0.15) is 0 Å². The van der Waals surface area contributed by atoms with Crippen LogP contribution in [0.15, 0.2) is 0 Å². The largest absolute Gasteiger partial charge is 0.349 e. The average Bonchev–Trinajstić information content (AvgIpc) is 2.59. The molecular formula is C13H25ClN4O. The summed E-state index contributed by atoms with van der Waals surface area (Å²) in [4.78, 5) is 11.9. The first-order chi connectivity index (χ1) is 8.42. The van der Waals surface area contributed by atoms with Gasteiger partial charge < -0.3 is 11.1 Å². The van der Waals surface area contributed by atoms with Gasteiger partial charge in [-0.3, -0.25) is 9.48 Å². The van der Waals surface area contributed by atoms with E-state index in [-0.39, 0.29) is 30.3 Å². The summed E-state index contributed by atoms with van der Waals surface area (Å²) in [7, 11) is 1.92. The van der Waals surface area contributed by atoms with Crippen LogP contribution in [0.5, 0.6) is 0 Å². The van der Waals surface area contributed by atoms with E-state index >= 15 is 0 Å². The normalized spacial score (nSPS) is 13.6. The highest BCUT2D eigenvalue weighted by atomic mass is 35.5. The molecule has 110 valence electrons. The van der Waals surface area contributed by atoms with Crippen LogP contribution in [-0.4, -0.2) is 22.2 Å². The maximum atomic E-state index is 11.9. The Hall–Kier alpha value is -1.07. The fourth-order valence-corrected chi connectivity index (χ4v) is 2.09. The van der Waals surface area contributed by atoms with E-state index in [4.69, 9.17) is 5.73 Å². The van der Waals surface area contributed by atoms with E-state index < -0.39 is 0 Å². The van der Waals surface area contributed by atoms with Gasteiger partial charge in [-0.25, -0.2) is 0 Å². The van der Waals surface area contributed by atoms with Crippen LogP contribution >= 0.6 is 12.4 Å². The van der Waals surface area contributed by atoms with Crippen LogP contribution in [0.4, 0.5) is 0 Å². The van der Waals surface area contributed by atoms with Crippen LogP contribution in [0.25, 0.3) is 0 Å². The van der Waals surface area contributed by atoms with Crippen molar-refractivity contribution in [3.63, 3.8) is 0 Å². The lowest BCUT2D eigenvalue weighted by Crippen LogP contribution is -2.36. The molecule has 2 unspecified atom stereocenters. The lowest BCUT2D eigenvalue weighted by atomic mass is 10.0. The molecule has 0 aromatic carbocycles. The van der Waals surface area contributed by atoms with Crippen LogP contribution in [0.3, 0.4) is 0 Å². The molecule has 0 aliphatic rings. The van der Waals surface area contributed by atoms with Gasteiger partial charge in [-0.2, -0.15) is 5.10 Å². The van der Waals surface area contributed by atoms with E-state index in [0.717, 1.165) is 23.4 Å². The number of carbonyl (C=O) groups is 1. The molecule has 0 fully saturated rings. The molecule has 1 aromatic rings. The third-order valence-corrected chi connectivity index (χ3v) is 3.44. The Bertz CT molecular complexity index is 431. The van der Waals surface area contributed by atoms with Gasteiger partial charge in [0.25, 0.3) is 0 Å². The molecule has 2 atom stereocenters. The number of rotatable bonds is 5. The zero-order valence-corrected chi connectivity index (χ0v) is 13.2. The van der Waals surface area contributed by atoms with Gasteiger partial charge in [-0.05, 0) is 20.3 Å². The molecule has 0 spiro atoms. The van der Waals surface area contributed by atoms with Crippen LogP contribution < -0.4 is 11.1 Å². The van der Waals surface area contributed by atoms with Gasteiger partial charge in [-0.15, -0.1) is 12.4 Å². The fraction of sp³-hybridized carbons (Fsp3) is 0.692. The van der Waals surface area contributed by atoms with E-state index in [1.807, 2.05) is 32.5 Å². The number of nitrogens with one attached hydrogen (secondary N) is 1. The summed E-state index contributed by atoms with van der Waals surface area (Å²) >= 11 is 0. The van der Waals surface area contributed by atoms with Crippen molar-refractivity contribution < 1.29 is 4.79 Å².